The zero-order valence-corrected chi connectivity index (χ0v) is 21.2. The molecule has 1 aliphatic rings. The Morgan fingerprint density at radius 1 is 0.950 bits per heavy atom. The molecule has 0 radical (unpaired) electrons. The predicted molar refractivity (Wildman–Crippen MR) is 143 cm³/mol. The third-order valence-corrected chi connectivity index (χ3v) is 7.05. The van der Waals surface area contributed by atoms with Crippen molar-refractivity contribution in [3.8, 4) is 17.0 Å². The molecular formula is C30H22F2N4O4. The van der Waals surface area contributed by atoms with Gasteiger partial charge in [-0.25, -0.2) is 13.8 Å². The lowest BCUT2D eigenvalue weighted by atomic mass is 10.0. The molecule has 1 aliphatic carbocycles. The molecule has 0 aliphatic heterocycles. The van der Waals surface area contributed by atoms with Crippen LogP contribution in [0.4, 0.5) is 8.78 Å². The molecule has 6 rings (SSSR count). The minimum Gasteiger partial charge on any atom is -0.455 e. The number of nitrogens with one attached hydrogen (secondary N) is 2. The van der Waals surface area contributed by atoms with Crippen LogP contribution >= 0.6 is 0 Å². The van der Waals surface area contributed by atoms with Crippen molar-refractivity contribution in [1.82, 2.24) is 20.2 Å². The Labute approximate surface area is 226 Å². The highest BCUT2D eigenvalue weighted by atomic mass is 19.1. The Hall–Kier alpha value is -5.12. The van der Waals surface area contributed by atoms with Crippen LogP contribution in [0.2, 0.25) is 0 Å². The lowest BCUT2D eigenvalue weighted by Gasteiger charge is -2.18. The summed E-state index contributed by atoms with van der Waals surface area (Å²) in [6.07, 6.45) is 3.77. The van der Waals surface area contributed by atoms with Gasteiger partial charge < -0.3 is 15.1 Å². The maximum absolute atomic E-state index is 13.5. The van der Waals surface area contributed by atoms with Gasteiger partial charge in [0, 0.05) is 29.9 Å². The van der Waals surface area contributed by atoms with Crippen molar-refractivity contribution in [3.63, 3.8) is 0 Å². The van der Waals surface area contributed by atoms with Crippen molar-refractivity contribution in [2.75, 3.05) is 7.05 Å². The molecule has 1 saturated carbocycles. The van der Waals surface area contributed by atoms with Crippen LogP contribution in [0.15, 0.2) is 88.3 Å². The lowest BCUT2D eigenvalue weighted by molar-refractivity contribution is 0.0923. The Bertz CT molecular complexity index is 1840. The fraction of sp³-hybridized carbons (Fsp3) is 0.133. The number of aromatic nitrogens is 2. The first kappa shape index (κ1) is 25.2. The second-order valence-electron chi connectivity index (χ2n) is 9.60. The number of carbonyl (C=O) groups is 2. The van der Waals surface area contributed by atoms with Gasteiger partial charge in [0.05, 0.1) is 17.3 Å². The minimum atomic E-state index is -0.609. The Balaban J connectivity index is 1.38. The summed E-state index contributed by atoms with van der Waals surface area (Å²) in [5, 5.41) is 5.99. The molecular weight excluding hydrogens is 518 g/mol. The molecule has 0 atom stereocenters. The number of fused-ring (bicyclic) bond motifs is 1. The minimum absolute atomic E-state index is 0.0128. The van der Waals surface area contributed by atoms with Gasteiger partial charge in [-0.15, -0.1) is 0 Å². The molecule has 2 aromatic heterocycles. The standard InChI is InChI=1S/C30H22F2N4O4/c1-33-29(39)26-22-14-21(10-11-24(22)40-27(26)17-2-6-19(31)7-3-17)36-16-23(34-15-25(36)37)28(38)35-30(12-13-30)18-4-8-20(32)9-5-18/h2-11,14-16H,12-13H2,1H3,(H,33,39)(H,35,38). The number of hydrogen-bond donors (Lipinski definition) is 2. The van der Waals surface area contributed by atoms with Gasteiger partial charge in [0.1, 0.15) is 28.7 Å². The van der Waals surface area contributed by atoms with Crippen LogP contribution in [-0.2, 0) is 5.54 Å². The highest BCUT2D eigenvalue weighted by Gasteiger charge is 2.46. The number of amides is 2. The second-order valence-corrected chi connectivity index (χ2v) is 9.60. The maximum Gasteiger partial charge on any atom is 0.273 e. The van der Waals surface area contributed by atoms with Crippen LogP contribution in [-0.4, -0.2) is 28.4 Å². The largest absolute Gasteiger partial charge is 0.455 e. The van der Waals surface area contributed by atoms with E-state index in [0.29, 0.717) is 35.1 Å². The SMILES string of the molecule is CNC(=O)c1c(-c2ccc(F)cc2)oc2ccc(-n3cc(C(=O)NC4(c5ccc(F)cc5)CC4)ncc3=O)cc12. The third kappa shape index (κ3) is 4.43. The molecule has 200 valence electrons. The van der Waals surface area contributed by atoms with E-state index in [-0.39, 0.29) is 22.8 Å². The highest BCUT2D eigenvalue weighted by molar-refractivity contribution is 6.11. The molecule has 0 unspecified atom stereocenters. The van der Waals surface area contributed by atoms with Crippen LogP contribution in [0.3, 0.4) is 0 Å². The molecule has 0 spiro atoms. The molecule has 0 bridgehead atoms. The Morgan fingerprint density at radius 2 is 1.62 bits per heavy atom. The first-order valence-electron chi connectivity index (χ1n) is 12.5. The van der Waals surface area contributed by atoms with Gasteiger partial charge in [0.2, 0.25) is 0 Å². The van der Waals surface area contributed by atoms with Crippen LogP contribution in [0, 0.1) is 11.6 Å². The zero-order chi connectivity index (χ0) is 28.0. The summed E-state index contributed by atoms with van der Waals surface area (Å²) >= 11 is 0. The molecule has 2 heterocycles. The van der Waals surface area contributed by atoms with Crippen LogP contribution in [0.1, 0.15) is 39.3 Å². The number of benzene rings is 3. The second kappa shape index (κ2) is 9.57. The van der Waals surface area contributed by atoms with E-state index in [9.17, 15) is 23.2 Å². The summed E-state index contributed by atoms with van der Waals surface area (Å²) < 4.78 is 34.1. The molecule has 3 aromatic carbocycles. The first-order valence-corrected chi connectivity index (χ1v) is 12.5. The van der Waals surface area contributed by atoms with Crippen LogP contribution < -0.4 is 16.2 Å². The van der Waals surface area contributed by atoms with E-state index in [1.165, 1.54) is 54.2 Å². The van der Waals surface area contributed by atoms with E-state index in [1.54, 1.807) is 30.3 Å². The van der Waals surface area contributed by atoms with E-state index < -0.39 is 28.7 Å². The van der Waals surface area contributed by atoms with Crippen molar-refractivity contribution in [2.24, 2.45) is 0 Å². The summed E-state index contributed by atoms with van der Waals surface area (Å²) in [5.74, 6) is -1.44. The maximum atomic E-state index is 13.5. The van der Waals surface area contributed by atoms with Gasteiger partial charge in [0.15, 0.2) is 0 Å². The number of hydrogen-bond acceptors (Lipinski definition) is 5. The van der Waals surface area contributed by atoms with E-state index in [2.05, 4.69) is 15.6 Å². The number of furan rings is 1. The van der Waals surface area contributed by atoms with Gasteiger partial charge in [-0.05, 0) is 73.0 Å². The lowest BCUT2D eigenvalue weighted by Crippen LogP contribution is -2.36. The number of halogens is 2. The molecule has 10 heteroatoms. The predicted octanol–water partition coefficient (Wildman–Crippen LogP) is 4.70. The molecule has 8 nitrogen and oxygen atoms in total. The average Bonchev–Trinajstić information content (AvgIpc) is 3.64. The van der Waals surface area contributed by atoms with E-state index in [4.69, 9.17) is 4.42 Å². The molecule has 2 amide bonds. The first-order chi connectivity index (χ1) is 19.3. The fourth-order valence-electron chi connectivity index (χ4n) is 4.78. The topological polar surface area (TPSA) is 106 Å². The van der Waals surface area contributed by atoms with Gasteiger partial charge in [-0.1, -0.05) is 12.1 Å². The fourth-order valence-corrected chi connectivity index (χ4v) is 4.78. The quantitative estimate of drug-likeness (QED) is 0.325. The van der Waals surface area contributed by atoms with E-state index in [1.807, 2.05) is 0 Å². The van der Waals surface area contributed by atoms with Crippen molar-refractivity contribution < 1.29 is 22.8 Å². The van der Waals surface area contributed by atoms with Crippen molar-refractivity contribution >= 4 is 22.8 Å². The molecule has 40 heavy (non-hydrogen) atoms. The number of nitrogens with zero attached hydrogens (tertiary/aromatic N) is 2. The van der Waals surface area contributed by atoms with Crippen molar-refractivity contribution in [1.29, 1.82) is 0 Å². The smallest absolute Gasteiger partial charge is 0.273 e. The average molecular weight is 541 g/mol. The van der Waals surface area contributed by atoms with E-state index in [0.717, 1.165) is 11.8 Å². The molecule has 1 fully saturated rings. The molecule has 2 N–H and O–H groups in total. The zero-order valence-electron chi connectivity index (χ0n) is 21.2. The van der Waals surface area contributed by atoms with Crippen LogP contribution in [0.25, 0.3) is 28.0 Å². The number of rotatable bonds is 6. The summed E-state index contributed by atoms with van der Waals surface area (Å²) in [5.41, 5.74) is 1.20. The normalized spacial score (nSPS) is 13.7. The highest BCUT2D eigenvalue weighted by Crippen LogP contribution is 2.45. The summed E-state index contributed by atoms with van der Waals surface area (Å²) in [6, 6.07) is 16.4. The number of carbonyl (C=O) groups excluding carboxylic acids is 2. The monoisotopic (exact) mass is 540 g/mol. The summed E-state index contributed by atoms with van der Waals surface area (Å²) in [4.78, 5) is 42.9. The van der Waals surface area contributed by atoms with E-state index >= 15 is 0 Å². The Kier molecular flexibility index (Phi) is 6.02. The van der Waals surface area contributed by atoms with Gasteiger partial charge in [0.25, 0.3) is 17.4 Å². The van der Waals surface area contributed by atoms with Crippen molar-refractivity contribution in [2.45, 2.75) is 18.4 Å². The molecule has 5 aromatic rings. The molecule has 0 saturated heterocycles. The van der Waals surface area contributed by atoms with Gasteiger partial charge in [-0.2, -0.15) is 0 Å². The summed E-state index contributed by atoms with van der Waals surface area (Å²) in [6.45, 7) is 0. The summed E-state index contributed by atoms with van der Waals surface area (Å²) in [7, 11) is 1.48. The van der Waals surface area contributed by atoms with Gasteiger partial charge in [-0.3, -0.25) is 19.0 Å². The Morgan fingerprint density at radius 3 is 2.27 bits per heavy atom. The van der Waals surface area contributed by atoms with Crippen LogP contribution in [0.5, 0.6) is 0 Å². The van der Waals surface area contributed by atoms with Crippen molar-refractivity contribution in [3.05, 3.63) is 118 Å². The third-order valence-electron chi connectivity index (χ3n) is 7.05. The van der Waals surface area contributed by atoms with Gasteiger partial charge >= 0.3 is 0 Å².